The van der Waals surface area contributed by atoms with Gasteiger partial charge in [-0.3, -0.25) is 19.2 Å². The molecule has 0 amide bonds. The quantitative estimate of drug-likeness (QED) is 0.240. The molecule has 5 atom stereocenters. The molecule has 0 aromatic heterocycles. The molecule has 0 rings (SSSR count). The molecule has 30 heavy (non-hydrogen) atoms. The van der Waals surface area contributed by atoms with Crippen molar-refractivity contribution in [3.8, 4) is 0 Å². The summed E-state index contributed by atoms with van der Waals surface area (Å²) in [6.45, 7) is 4.99. The predicted molar refractivity (Wildman–Crippen MR) is 101 cm³/mol. The Morgan fingerprint density at radius 1 is 0.667 bits per heavy atom. The van der Waals surface area contributed by atoms with Crippen molar-refractivity contribution in [2.75, 3.05) is 13.2 Å². The molecule has 0 aliphatic carbocycles. The summed E-state index contributed by atoms with van der Waals surface area (Å²) in [7, 11) is 0. The fraction of sp³-hybridized carbons (Fsp3) is 0.789. The van der Waals surface area contributed by atoms with Crippen molar-refractivity contribution >= 4 is 23.9 Å². The van der Waals surface area contributed by atoms with Gasteiger partial charge in [-0.15, -0.1) is 0 Å². The standard InChI is InChI=1S/C19H32O11/c1-11(21)5-17(24)28-13(3)7-19(26)30-14(4)8-18(25)29-12(2)6-16(23)27-10-15(22)9-20/h11-15,20-22H,5-10H2,1-4H3/t11-,12-,13-,14-,15?/m1/s1. The molecule has 0 heterocycles. The normalized spacial score (nSPS) is 15.8. The summed E-state index contributed by atoms with van der Waals surface area (Å²) in [6, 6.07) is 0. The van der Waals surface area contributed by atoms with Crippen LogP contribution in [0.25, 0.3) is 0 Å². The van der Waals surface area contributed by atoms with Gasteiger partial charge >= 0.3 is 23.9 Å². The number of carbonyl (C=O) groups excluding carboxylic acids is 4. The van der Waals surface area contributed by atoms with Gasteiger partial charge in [0.2, 0.25) is 0 Å². The molecule has 0 aromatic rings. The molecule has 0 bridgehead atoms. The molecule has 0 aliphatic rings. The third kappa shape index (κ3) is 14.7. The molecular weight excluding hydrogens is 404 g/mol. The molecule has 11 nitrogen and oxygen atoms in total. The van der Waals surface area contributed by atoms with Crippen LogP contribution in [0.1, 0.15) is 53.4 Å². The topological polar surface area (TPSA) is 166 Å². The molecular formula is C19H32O11. The van der Waals surface area contributed by atoms with Gasteiger partial charge in [-0.25, -0.2) is 0 Å². The molecule has 174 valence electrons. The highest BCUT2D eigenvalue weighted by Gasteiger charge is 2.21. The summed E-state index contributed by atoms with van der Waals surface area (Å²) >= 11 is 0. The number of rotatable bonds is 14. The van der Waals surface area contributed by atoms with Gasteiger partial charge in [-0.2, -0.15) is 0 Å². The van der Waals surface area contributed by atoms with E-state index in [1.165, 1.54) is 27.7 Å². The molecule has 11 heteroatoms. The van der Waals surface area contributed by atoms with E-state index in [4.69, 9.17) is 34.3 Å². The van der Waals surface area contributed by atoms with Gasteiger partial charge in [-0.1, -0.05) is 0 Å². The Kier molecular flexibility index (Phi) is 13.6. The van der Waals surface area contributed by atoms with E-state index >= 15 is 0 Å². The lowest BCUT2D eigenvalue weighted by Crippen LogP contribution is -2.27. The predicted octanol–water partition coefficient (Wildman–Crippen LogP) is -0.381. The molecule has 0 spiro atoms. The number of hydrogen-bond acceptors (Lipinski definition) is 11. The molecule has 0 saturated heterocycles. The molecule has 0 saturated carbocycles. The Hall–Kier alpha value is -2.24. The molecule has 0 fully saturated rings. The maximum Gasteiger partial charge on any atom is 0.309 e. The number of esters is 4. The average molecular weight is 436 g/mol. The van der Waals surface area contributed by atoms with Crippen LogP contribution in [0.15, 0.2) is 0 Å². The van der Waals surface area contributed by atoms with E-state index in [-0.39, 0.29) is 32.3 Å². The lowest BCUT2D eigenvalue weighted by Gasteiger charge is -2.17. The van der Waals surface area contributed by atoms with E-state index < -0.39 is 61.0 Å². The smallest absolute Gasteiger partial charge is 0.309 e. The molecule has 0 aliphatic heterocycles. The van der Waals surface area contributed by atoms with E-state index in [0.717, 1.165) is 0 Å². The van der Waals surface area contributed by atoms with E-state index in [0.29, 0.717) is 0 Å². The SMILES string of the molecule is C[C@H](CC(=O)OCC(O)CO)OC(=O)C[C@@H](C)OC(=O)C[C@@H](C)OC(=O)C[C@@H](C)O. The largest absolute Gasteiger partial charge is 0.463 e. The summed E-state index contributed by atoms with van der Waals surface area (Å²) in [5.41, 5.74) is 0. The van der Waals surface area contributed by atoms with Crippen LogP contribution in [0.5, 0.6) is 0 Å². The van der Waals surface area contributed by atoms with Crippen molar-refractivity contribution in [3.63, 3.8) is 0 Å². The number of carbonyl (C=O) groups is 4. The molecule has 0 aromatic carbocycles. The van der Waals surface area contributed by atoms with Gasteiger partial charge < -0.3 is 34.3 Å². The summed E-state index contributed by atoms with van der Waals surface area (Å²) in [5, 5.41) is 26.8. The highest BCUT2D eigenvalue weighted by molar-refractivity contribution is 5.74. The zero-order chi connectivity index (χ0) is 23.3. The summed E-state index contributed by atoms with van der Waals surface area (Å²) in [4.78, 5) is 46.7. The first-order valence-electron chi connectivity index (χ1n) is 9.63. The summed E-state index contributed by atoms with van der Waals surface area (Å²) < 4.78 is 19.8. The van der Waals surface area contributed by atoms with Crippen molar-refractivity contribution in [1.29, 1.82) is 0 Å². The van der Waals surface area contributed by atoms with E-state index in [2.05, 4.69) is 0 Å². The third-order valence-corrected chi connectivity index (χ3v) is 3.47. The van der Waals surface area contributed by atoms with Gasteiger partial charge in [-0.05, 0) is 27.7 Å². The highest BCUT2D eigenvalue weighted by Crippen LogP contribution is 2.09. The molecule has 0 radical (unpaired) electrons. The van der Waals surface area contributed by atoms with E-state index in [9.17, 15) is 19.2 Å². The van der Waals surface area contributed by atoms with Gasteiger partial charge in [0.25, 0.3) is 0 Å². The van der Waals surface area contributed by atoms with Crippen molar-refractivity contribution in [2.24, 2.45) is 0 Å². The Morgan fingerprint density at radius 2 is 1.03 bits per heavy atom. The fourth-order valence-corrected chi connectivity index (χ4v) is 2.19. The van der Waals surface area contributed by atoms with Gasteiger partial charge in [0.05, 0.1) is 38.4 Å². The van der Waals surface area contributed by atoms with Crippen molar-refractivity contribution in [3.05, 3.63) is 0 Å². The minimum atomic E-state index is -1.17. The van der Waals surface area contributed by atoms with Crippen LogP contribution < -0.4 is 0 Å². The zero-order valence-electron chi connectivity index (χ0n) is 17.7. The van der Waals surface area contributed by atoms with Crippen molar-refractivity contribution in [1.82, 2.24) is 0 Å². The lowest BCUT2D eigenvalue weighted by atomic mass is 10.2. The Balaban J connectivity index is 4.17. The van der Waals surface area contributed by atoms with Crippen LogP contribution in [0.3, 0.4) is 0 Å². The number of ether oxygens (including phenoxy) is 4. The second kappa shape index (κ2) is 14.7. The van der Waals surface area contributed by atoms with Crippen molar-refractivity contribution in [2.45, 2.75) is 83.9 Å². The van der Waals surface area contributed by atoms with Crippen LogP contribution in [-0.4, -0.2) is 82.9 Å². The van der Waals surface area contributed by atoms with Crippen LogP contribution in [0.4, 0.5) is 0 Å². The average Bonchev–Trinajstić information content (AvgIpc) is 2.57. The first-order chi connectivity index (χ1) is 13.9. The molecule has 1 unspecified atom stereocenters. The van der Waals surface area contributed by atoms with Crippen molar-refractivity contribution < 1.29 is 53.4 Å². The zero-order valence-corrected chi connectivity index (χ0v) is 17.7. The number of hydrogen-bond donors (Lipinski definition) is 3. The summed E-state index contributed by atoms with van der Waals surface area (Å²) in [5.74, 6) is -2.71. The van der Waals surface area contributed by atoms with Gasteiger partial charge in [0, 0.05) is 0 Å². The second-order valence-corrected chi connectivity index (χ2v) is 7.09. The Bertz CT molecular complexity index is 561. The number of aliphatic hydroxyl groups is 3. The second-order valence-electron chi connectivity index (χ2n) is 7.09. The third-order valence-electron chi connectivity index (χ3n) is 3.47. The van der Waals surface area contributed by atoms with Crippen LogP contribution >= 0.6 is 0 Å². The first kappa shape index (κ1) is 27.8. The minimum Gasteiger partial charge on any atom is -0.463 e. The van der Waals surface area contributed by atoms with Crippen LogP contribution in [0, 0.1) is 0 Å². The van der Waals surface area contributed by atoms with Crippen LogP contribution in [0.2, 0.25) is 0 Å². The summed E-state index contributed by atoms with van der Waals surface area (Å²) in [6.07, 6.45) is -5.26. The maximum absolute atomic E-state index is 11.9. The lowest BCUT2D eigenvalue weighted by molar-refractivity contribution is -0.160. The first-order valence-corrected chi connectivity index (χ1v) is 9.63. The maximum atomic E-state index is 11.9. The van der Waals surface area contributed by atoms with Crippen LogP contribution in [-0.2, 0) is 38.1 Å². The van der Waals surface area contributed by atoms with Gasteiger partial charge in [0.15, 0.2) is 0 Å². The number of aliphatic hydroxyl groups excluding tert-OH is 3. The van der Waals surface area contributed by atoms with E-state index in [1.807, 2.05) is 0 Å². The Morgan fingerprint density at radius 3 is 1.40 bits per heavy atom. The van der Waals surface area contributed by atoms with Gasteiger partial charge in [0.1, 0.15) is 31.0 Å². The minimum absolute atomic E-state index is 0.185. The monoisotopic (exact) mass is 436 g/mol. The van der Waals surface area contributed by atoms with E-state index in [1.54, 1.807) is 0 Å². The molecule has 3 N–H and O–H groups in total. The fourth-order valence-electron chi connectivity index (χ4n) is 2.19. The Labute approximate surface area is 175 Å². The highest BCUT2D eigenvalue weighted by atomic mass is 16.6.